The topological polar surface area (TPSA) is 46.0 Å². The van der Waals surface area contributed by atoms with Crippen LogP contribution in [0.1, 0.15) is 32.0 Å². The summed E-state index contributed by atoms with van der Waals surface area (Å²) in [6.07, 6.45) is 5.55. The van der Waals surface area contributed by atoms with E-state index in [2.05, 4.69) is 27.2 Å². The largest absolute Gasteiger partial charge is 0.307 e. The predicted octanol–water partition coefficient (Wildman–Crippen LogP) is 0.779. The van der Waals surface area contributed by atoms with Crippen LogP contribution in [0.3, 0.4) is 0 Å². The van der Waals surface area contributed by atoms with E-state index >= 15 is 0 Å². The summed E-state index contributed by atoms with van der Waals surface area (Å²) in [6.45, 7) is 6.66. The highest BCUT2D eigenvalue weighted by atomic mass is 15.3. The van der Waals surface area contributed by atoms with E-state index in [1.165, 1.54) is 38.9 Å². The normalized spacial score (nSPS) is 22.6. The Bertz CT molecular complexity index is 335. The number of aromatic nitrogens is 3. The van der Waals surface area contributed by atoms with Crippen LogP contribution in [-0.4, -0.2) is 45.3 Å². The van der Waals surface area contributed by atoms with Gasteiger partial charge in [-0.05, 0) is 38.9 Å². The summed E-state index contributed by atoms with van der Waals surface area (Å²) in [5.74, 6) is 0.893. The highest BCUT2D eigenvalue weighted by Gasteiger charge is 2.15. The van der Waals surface area contributed by atoms with Crippen LogP contribution in [0, 0.1) is 0 Å². The number of likely N-dealkylation sites (tertiary alicyclic amines) is 1. The Morgan fingerprint density at radius 1 is 1.41 bits per heavy atom. The summed E-state index contributed by atoms with van der Waals surface area (Å²) in [6, 6.07) is 0.621. The molecule has 2 rings (SSSR count). The number of nitrogens with zero attached hydrogens (tertiary/aromatic N) is 4. The molecule has 5 heteroatoms. The first kappa shape index (κ1) is 12.5. The first-order valence-electron chi connectivity index (χ1n) is 6.58. The molecule has 1 aromatic heterocycles. The molecule has 1 aliphatic rings. The van der Waals surface area contributed by atoms with E-state index in [-0.39, 0.29) is 0 Å². The van der Waals surface area contributed by atoms with E-state index in [0.29, 0.717) is 6.04 Å². The van der Waals surface area contributed by atoms with Crippen LogP contribution < -0.4 is 5.32 Å². The molecule has 0 aliphatic carbocycles. The lowest BCUT2D eigenvalue weighted by molar-refractivity contribution is 0.297. The van der Waals surface area contributed by atoms with E-state index in [4.69, 9.17) is 0 Å². The zero-order chi connectivity index (χ0) is 12.1. The van der Waals surface area contributed by atoms with E-state index in [1.54, 1.807) is 11.0 Å². The number of hydrogen-bond donors (Lipinski definition) is 1. The quantitative estimate of drug-likeness (QED) is 0.840. The molecule has 1 aliphatic heterocycles. The fourth-order valence-corrected chi connectivity index (χ4v) is 2.38. The van der Waals surface area contributed by atoms with Gasteiger partial charge in [0.15, 0.2) is 5.82 Å². The second-order valence-electron chi connectivity index (χ2n) is 4.78. The van der Waals surface area contributed by atoms with Crippen LogP contribution in [0.4, 0.5) is 0 Å². The maximum Gasteiger partial charge on any atom is 0.164 e. The zero-order valence-electron chi connectivity index (χ0n) is 10.9. The van der Waals surface area contributed by atoms with Crippen LogP contribution >= 0.6 is 0 Å². The van der Waals surface area contributed by atoms with Gasteiger partial charge in [-0.15, -0.1) is 0 Å². The highest BCUT2D eigenvalue weighted by Crippen LogP contribution is 2.10. The van der Waals surface area contributed by atoms with Crippen molar-refractivity contribution in [3.8, 4) is 0 Å². The van der Waals surface area contributed by atoms with Gasteiger partial charge in [-0.25, -0.2) is 4.98 Å². The molecule has 1 aromatic rings. The van der Waals surface area contributed by atoms with E-state index in [0.717, 1.165) is 12.4 Å². The van der Waals surface area contributed by atoms with Crippen molar-refractivity contribution in [2.24, 2.45) is 7.05 Å². The van der Waals surface area contributed by atoms with Crippen molar-refractivity contribution in [1.82, 2.24) is 25.0 Å². The van der Waals surface area contributed by atoms with Gasteiger partial charge in [0.25, 0.3) is 0 Å². The molecule has 17 heavy (non-hydrogen) atoms. The van der Waals surface area contributed by atoms with Gasteiger partial charge in [-0.1, -0.05) is 6.92 Å². The number of nitrogens with one attached hydrogen (secondary N) is 1. The van der Waals surface area contributed by atoms with E-state index < -0.39 is 0 Å². The molecular weight excluding hydrogens is 214 g/mol. The lowest BCUT2D eigenvalue weighted by atomic mass is 10.1. The molecule has 0 spiro atoms. The molecular formula is C12H23N5. The number of hydrogen-bond acceptors (Lipinski definition) is 4. The monoisotopic (exact) mass is 237 g/mol. The van der Waals surface area contributed by atoms with Crippen molar-refractivity contribution in [1.29, 1.82) is 0 Å². The van der Waals surface area contributed by atoms with Crippen molar-refractivity contribution in [3.63, 3.8) is 0 Å². The second kappa shape index (κ2) is 6.12. The standard InChI is InChI=1S/C12H23N5/c1-3-17-7-4-5-11(6-8-17)13-9-12-14-10-16(2)15-12/h10-11,13H,3-9H2,1-2H3. The SMILES string of the molecule is CCN1CCCC(NCc2ncn(C)n2)CC1. The third kappa shape index (κ3) is 3.78. The molecule has 1 fully saturated rings. The molecule has 1 unspecified atom stereocenters. The van der Waals surface area contributed by atoms with Crippen molar-refractivity contribution in [3.05, 3.63) is 12.2 Å². The minimum absolute atomic E-state index is 0.621. The van der Waals surface area contributed by atoms with Crippen molar-refractivity contribution in [2.75, 3.05) is 19.6 Å². The van der Waals surface area contributed by atoms with Gasteiger partial charge in [0.2, 0.25) is 0 Å². The first-order chi connectivity index (χ1) is 8.28. The predicted molar refractivity (Wildman–Crippen MR) is 67.6 cm³/mol. The van der Waals surface area contributed by atoms with Crippen LogP contribution in [0.2, 0.25) is 0 Å². The Balaban J connectivity index is 1.75. The summed E-state index contributed by atoms with van der Waals surface area (Å²) < 4.78 is 1.75. The maximum absolute atomic E-state index is 4.28. The number of aryl methyl sites for hydroxylation is 1. The van der Waals surface area contributed by atoms with Gasteiger partial charge in [-0.3, -0.25) is 4.68 Å². The summed E-state index contributed by atoms with van der Waals surface area (Å²) >= 11 is 0. The molecule has 0 bridgehead atoms. The van der Waals surface area contributed by atoms with E-state index in [9.17, 15) is 0 Å². The summed E-state index contributed by atoms with van der Waals surface area (Å²) in [5, 5.41) is 7.85. The van der Waals surface area contributed by atoms with Crippen LogP contribution in [0.25, 0.3) is 0 Å². The highest BCUT2D eigenvalue weighted by molar-refractivity contribution is 4.83. The lowest BCUT2D eigenvalue weighted by Gasteiger charge is -2.17. The maximum atomic E-state index is 4.28. The fourth-order valence-electron chi connectivity index (χ4n) is 2.38. The van der Waals surface area contributed by atoms with Gasteiger partial charge in [0.05, 0.1) is 6.54 Å². The molecule has 0 radical (unpaired) electrons. The van der Waals surface area contributed by atoms with Crippen molar-refractivity contribution < 1.29 is 0 Å². The molecule has 0 saturated carbocycles. The van der Waals surface area contributed by atoms with Gasteiger partial charge >= 0.3 is 0 Å². The molecule has 2 heterocycles. The van der Waals surface area contributed by atoms with E-state index in [1.807, 2.05) is 7.05 Å². The van der Waals surface area contributed by atoms with Gasteiger partial charge in [0.1, 0.15) is 6.33 Å². The Labute approximate surface area is 103 Å². The van der Waals surface area contributed by atoms with Crippen molar-refractivity contribution >= 4 is 0 Å². The Hall–Kier alpha value is -0.940. The Morgan fingerprint density at radius 2 is 2.29 bits per heavy atom. The van der Waals surface area contributed by atoms with Crippen molar-refractivity contribution in [2.45, 2.75) is 38.8 Å². The zero-order valence-corrected chi connectivity index (χ0v) is 10.9. The summed E-state index contributed by atoms with van der Waals surface area (Å²) in [4.78, 5) is 6.76. The third-order valence-electron chi connectivity index (χ3n) is 3.46. The smallest absolute Gasteiger partial charge is 0.164 e. The Morgan fingerprint density at radius 3 is 3.00 bits per heavy atom. The molecule has 1 N–H and O–H groups in total. The van der Waals surface area contributed by atoms with Gasteiger partial charge in [0, 0.05) is 13.1 Å². The summed E-state index contributed by atoms with van der Waals surface area (Å²) in [7, 11) is 1.90. The average Bonchev–Trinajstić information content (AvgIpc) is 2.63. The summed E-state index contributed by atoms with van der Waals surface area (Å²) in [5.41, 5.74) is 0. The molecule has 0 aromatic carbocycles. The van der Waals surface area contributed by atoms with Crippen LogP contribution in [0.5, 0.6) is 0 Å². The lowest BCUT2D eigenvalue weighted by Crippen LogP contribution is -2.31. The Kier molecular flexibility index (Phi) is 4.50. The molecule has 1 saturated heterocycles. The van der Waals surface area contributed by atoms with Gasteiger partial charge < -0.3 is 10.2 Å². The third-order valence-corrected chi connectivity index (χ3v) is 3.46. The second-order valence-corrected chi connectivity index (χ2v) is 4.78. The minimum Gasteiger partial charge on any atom is -0.307 e. The molecule has 5 nitrogen and oxygen atoms in total. The molecule has 0 amide bonds. The molecule has 1 atom stereocenters. The average molecular weight is 237 g/mol. The fraction of sp³-hybridized carbons (Fsp3) is 0.833. The first-order valence-corrected chi connectivity index (χ1v) is 6.58. The molecule has 96 valence electrons. The minimum atomic E-state index is 0.621. The number of rotatable bonds is 4. The van der Waals surface area contributed by atoms with Gasteiger partial charge in [-0.2, -0.15) is 5.10 Å². The van der Waals surface area contributed by atoms with Crippen LogP contribution in [0.15, 0.2) is 6.33 Å². The van der Waals surface area contributed by atoms with Crippen LogP contribution in [-0.2, 0) is 13.6 Å².